The Hall–Kier alpha value is -1.98. The molecule has 0 unspecified atom stereocenters. The van der Waals surface area contributed by atoms with E-state index in [9.17, 15) is 4.79 Å². The number of carbonyl (C=O) groups is 1. The van der Waals surface area contributed by atoms with Crippen LogP contribution in [-0.4, -0.2) is 28.7 Å². The Morgan fingerprint density at radius 3 is 2.88 bits per heavy atom. The molecule has 3 heterocycles. The van der Waals surface area contributed by atoms with Crippen LogP contribution in [0.3, 0.4) is 0 Å². The molecule has 0 aliphatic carbocycles. The number of benzene rings is 1. The summed E-state index contributed by atoms with van der Waals surface area (Å²) < 4.78 is 8.31. The summed E-state index contributed by atoms with van der Waals surface area (Å²) >= 11 is 7.90. The van der Waals surface area contributed by atoms with E-state index in [4.69, 9.17) is 16.3 Å². The van der Waals surface area contributed by atoms with Gasteiger partial charge in [0.15, 0.2) is 0 Å². The van der Waals surface area contributed by atoms with Crippen LogP contribution in [0.5, 0.6) is 0 Å². The predicted octanol–water partition coefficient (Wildman–Crippen LogP) is 4.92. The number of hydrogen-bond donors (Lipinski definition) is 0. The molecule has 0 atom stereocenters. The summed E-state index contributed by atoms with van der Waals surface area (Å²) in [6.07, 6.45) is 0.596. The fourth-order valence-electron chi connectivity index (χ4n) is 3.49. The molecule has 0 spiro atoms. The smallest absolute Gasteiger partial charge is 0.410 e. The fraction of sp³-hybridized carbons (Fsp3) is 0.316. The van der Waals surface area contributed by atoms with Crippen molar-refractivity contribution in [3.05, 3.63) is 57.6 Å². The molecule has 4 rings (SSSR count). The van der Waals surface area contributed by atoms with E-state index < -0.39 is 0 Å². The number of thiophene rings is 1. The SMILES string of the molecule is CCOC(=O)N1CCc2c(c3cc(Cl)sc3n2Cc2ccccc2)C1. The first-order valence-electron chi connectivity index (χ1n) is 8.42. The number of carbonyl (C=O) groups excluding carboxylic acids is 1. The maximum atomic E-state index is 12.1. The van der Waals surface area contributed by atoms with Crippen molar-refractivity contribution < 1.29 is 9.53 Å². The third kappa shape index (κ3) is 3.02. The van der Waals surface area contributed by atoms with E-state index in [1.807, 2.05) is 19.1 Å². The van der Waals surface area contributed by atoms with Crippen molar-refractivity contribution in [2.45, 2.75) is 26.4 Å². The first-order valence-corrected chi connectivity index (χ1v) is 9.61. The molecule has 2 aromatic heterocycles. The first kappa shape index (κ1) is 16.5. The molecule has 0 N–H and O–H groups in total. The molecule has 0 fully saturated rings. The normalized spacial score (nSPS) is 13.9. The zero-order valence-electron chi connectivity index (χ0n) is 14.0. The molecule has 3 aromatic rings. The zero-order chi connectivity index (χ0) is 17.4. The Labute approximate surface area is 155 Å². The maximum Gasteiger partial charge on any atom is 0.410 e. The number of fused-ring (bicyclic) bond motifs is 3. The van der Waals surface area contributed by atoms with E-state index in [1.165, 1.54) is 21.7 Å². The van der Waals surface area contributed by atoms with Crippen molar-refractivity contribution in [2.75, 3.05) is 13.2 Å². The van der Waals surface area contributed by atoms with Gasteiger partial charge < -0.3 is 14.2 Å². The second-order valence-electron chi connectivity index (χ2n) is 6.14. The zero-order valence-corrected chi connectivity index (χ0v) is 15.6. The molecule has 6 heteroatoms. The summed E-state index contributed by atoms with van der Waals surface area (Å²) in [4.78, 5) is 15.1. The van der Waals surface area contributed by atoms with Crippen molar-refractivity contribution in [1.29, 1.82) is 0 Å². The number of hydrogen-bond acceptors (Lipinski definition) is 3. The second kappa shape index (κ2) is 6.73. The molecular weight excluding hydrogens is 356 g/mol. The van der Waals surface area contributed by atoms with E-state index in [-0.39, 0.29) is 6.09 Å². The highest BCUT2D eigenvalue weighted by Crippen LogP contribution is 2.38. The highest BCUT2D eigenvalue weighted by Gasteiger charge is 2.28. The van der Waals surface area contributed by atoms with Crippen molar-refractivity contribution in [2.24, 2.45) is 0 Å². The van der Waals surface area contributed by atoms with Crippen LogP contribution in [0.2, 0.25) is 4.34 Å². The van der Waals surface area contributed by atoms with E-state index >= 15 is 0 Å². The number of amides is 1. The lowest BCUT2D eigenvalue weighted by Crippen LogP contribution is -2.36. The molecule has 1 aliphatic heterocycles. The lowest BCUT2D eigenvalue weighted by molar-refractivity contribution is 0.102. The maximum absolute atomic E-state index is 12.1. The van der Waals surface area contributed by atoms with Gasteiger partial charge in [0, 0.05) is 36.2 Å². The molecule has 0 radical (unpaired) electrons. The molecule has 1 amide bonds. The van der Waals surface area contributed by atoms with Crippen molar-refractivity contribution in [3.8, 4) is 0 Å². The van der Waals surface area contributed by atoms with Gasteiger partial charge in [-0.3, -0.25) is 0 Å². The average Bonchev–Trinajstić information content (AvgIpc) is 3.13. The summed E-state index contributed by atoms with van der Waals surface area (Å²) in [6.45, 7) is 4.32. The standard InChI is InChI=1S/C19H19ClN2O2S/c1-2-24-19(23)21-9-8-16-15(12-21)14-10-17(20)25-18(14)22(16)11-13-6-4-3-5-7-13/h3-7,10H,2,8-9,11-12H2,1H3. The van der Waals surface area contributed by atoms with Crippen LogP contribution in [0.4, 0.5) is 4.79 Å². The quantitative estimate of drug-likeness (QED) is 0.652. The summed E-state index contributed by atoms with van der Waals surface area (Å²) in [5.74, 6) is 0. The Kier molecular flexibility index (Phi) is 4.44. The summed E-state index contributed by atoms with van der Waals surface area (Å²) in [6, 6.07) is 12.5. The Bertz CT molecular complexity index is 917. The van der Waals surface area contributed by atoms with Gasteiger partial charge in [-0.05, 0) is 18.6 Å². The second-order valence-corrected chi connectivity index (χ2v) is 7.80. The summed E-state index contributed by atoms with van der Waals surface area (Å²) in [7, 11) is 0. The van der Waals surface area contributed by atoms with Crippen molar-refractivity contribution in [3.63, 3.8) is 0 Å². The molecule has 0 saturated heterocycles. The molecule has 1 aliphatic rings. The minimum Gasteiger partial charge on any atom is -0.450 e. The third-order valence-electron chi connectivity index (χ3n) is 4.60. The molecule has 25 heavy (non-hydrogen) atoms. The van der Waals surface area contributed by atoms with Crippen LogP contribution >= 0.6 is 22.9 Å². The Morgan fingerprint density at radius 1 is 1.32 bits per heavy atom. The molecular formula is C19H19ClN2O2S. The van der Waals surface area contributed by atoms with Gasteiger partial charge in [0.2, 0.25) is 0 Å². The monoisotopic (exact) mass is 374 g/mol. The van der Waals surface area contributed by atoms with E-state index in [0.717, 1.165) is 22.7 Å². The predicted molar refractivity (Wildman–Crippen MR) is 102 cm³/mol. The van der Waals surface area contributed by atoms with Gasteiger partial charge >= 0.3 is 6.09 Å². The van der Waals surface area contributed by atoms with Crippen LogP contribution in [0, 0.1) is 0 Å². The number of ether oxygens (including phenoxy) is 1. The summed E-state index contributed by atoms with van der Waals surface area (Å²) in [5, 5.41) is 1.16. The van der Waals surface area contributed by atoms with Crippen molar-refractivity contribution >= 4 is 39.2 Å². The Morgan fingerprint density at radius 2 is 2.12 bits per heavy atom. The summed E-state index contributed by atoms with van der Waals surface area (Å²) in [5.41, 5.74) is 3.77. The van der Waals surface area contributed by atoms with Crippen LogP contribution in [0.15, 0.2) is 36.4 Å². The lowest BCUT2D eigenvalue weighted by atomic mass is 10.1. The van der Waals surface area contributed by atoms with Gasteiger partial charge in [0.25, 0.3) is 0 Å². The lowest BCUT2D eigenvalue weighted by Gasteiger charge is -2.27. The fourth-order valence-corrected chi connectivity index (χ4v) is 4.75. The van der Waals surface area contributed by atoms with Crippen LogP contribution in [-0.2, 0) is 24.2 Å². The van der Waals surface area contributed by atoms with Gasteiger partial charge in [-0.2, -0.15) is 0 Å². The van der Waals surface area contributed by atoms with Crippen molar-refractivity contribution in [1.82, 2.24) is 9.47 Å². The van der Waals surface area contributed by atoms with Crippen LogP contribution in [0.1, 0.15) is 23.7 Å². The van der Waals surface area contributed by atoms with Crippen LogP contribution < -0.4 is 0 Å². The largest absolute Gasteiger partial charge is 0.450 e. The minimum absolute atomic E-state index is 0.238. The van der Waals surface area contributed by atoms with Gasteiger partial charge in [-0.1, -0.05) is 41.9 Å². The molecule has 4 nitrogen and oxygen atoms in total. The number of nitrogens with zero attached hydrogens (tertiary/aromatic N) is 2. The van der Waals surface area contributed by atoms with Gasteiger partial charge in [-0.15, -0.1) is 11.3 Å². The highest BCUT2D eigenvalue weighted by atomic mass is 35.5. The number of rotatable bonds is 3. The average molecular weight is 375 g/mol. The molecule has 0 saturated carbocycles. The Balaban J connectivity index is 1.74. The van der Waals surface area contributed by atoms with E-state index in [1.54, 1.807) is 16.2 Å². The third-order valence-corrected chi connectivity index (χ3v) is 5.89. The first-order chi connectivity index (χ1) is 12.2. The van der Waals surface area contributed by atoms with Gasteiger partial charge in [-0.25, -0.2) is 4.79 Å². The van der Waals surface area contributed by atoms with E-state index in [2.05, 4.69) is 28.8 Å². The highest BCUT2D eigenvalue weighted by molar-refractivity contribution is 7.22. The molecule has 1 aromatic carbocycles. The van der Waals surface area contributed by atoms with Gasteiger partial charge in [0.1, 0.15) is 4.83 Å². The van der Waals surface area contributed by atoms with Gasteiger partial charge in [0.05, 0.1) is 17.5 Å². The number of aromatic nitrogens is 1. The van der Waals surface area contributed by atoms with E-state index in [0.29, 0.717) is 19.7 Å². The topological polar surface area (TPSA) is 34.5 Å². The minimum atomic E-state index is -0.238. The molecule has 0 bridgehead atoms. The molecule has 130 valence electrons. The van der Waals surface area contributed by atoms with Crippen LogP contribution in [0.25, 0.3) is 10.2 Å². The number of halogens is 1.